The molecule has 8 heteroatoms. The molecule has 0 bridgehead atoms. The fourth-order valence-electron chi connectivity index (χ4n) is 2.88. The van der Waals surface area contributed by atoms with Crippen LogP contribution in [-0.4, -0.2) is 45.2 Å². The zero-order valence-electron chi connectivity index (χ0n) is 14.7. The molecule has 0 amide bonds. The normalized spacial score (nSPS) is 22.5. The van der Waals surface area contributed by atoms with E-state index in [4.69, 9.17) is 14.6 Å². The number of aromatic nitrogens is 2. The minimum atomic E-state index is -0.873. The third-order valence-corrected chi connectivity index (χ3v) is 4.32. The topological polar surface area (TPSA) is 114 Å². The molecule has 0 saturated carbocycles. The van der Waals surface area contributed by atoms with Crippen molar-refractivity contribution in [2.75, 3.05) is 13.2 Å². The van der Waals surface area contributed by atoms with E-state index in [9.17, 15) is 14.7 Å². The maximum Gasteiger partial charge on any atom is 0.330 e. The third kappa shape index (κ3) is 4.81. The summed E-state index contributed by atoms with van der Waals surface area (Å²) in [6, 6.07) is 9.74. The molecule has 1 saturated heterocycles. The highest BCUT2D eigenvalue weighted by Gasteiger charge is 2.35. The van der Waals surface area contributed by atoms with Gasteiger partial charge >= 0.3 is 5.69 Å². The van der Waals surface area contributed by atoms with Gasteiger partial charge in [-0.2, -0.15) is 0 Å². The lowest BCUT2D eigenvalue weighted by atomic mass is 10.2. The van der Waals surface area contributed by atoms with Crippen molar-refractivity contribution in [1.29, 1.82) is 0 Å². The molecule has 1 aromatic carbocycles. The Balaban J connectivity index is 1.63. The summed E-state index contributed by atoms with van der Waals surface area (Å²) in [5.41, 5.74) is 0.153. The second-order valence-electron chi connectivity index (χ2n) is 6.26. The van der Waals surface area contributed by atoms with Crippen LogP contribution in [0, 0.1) is 0 Å². The lowest BCUT2D eigenvalue weighted by Gasteiger charge is -2.15. The van der Waals surface area contributed by atoms with Gasteiger partial charge in [0, 0.05) is 12.6 Å². The summed E-state index contributed by atoms with van der Waals surface area (Å²) >= 11 is 0. The SMILES string of the molecule is O=c1[nH]c(=O)n([C@H]2C[C@H](O)[C@@H](CO)O2)cc1COC/C=C/c1ccccc1. The van der Waals surface area contributed by atoms with Gasteiger partial charge < -0.3 is 19.7 Å². The number of ether oxygens (including phenoxy) is 2. The summed E-state index contributed by atoms with van der Waals surface area (Å²) in [7, 11) is 0. The largest absolute Gasteiger partial charge is 0.394 e. The zero-order chi connectivity index (χ0) is 19.2. The van der Waals surface area contributed by atoms with Crippen molar-refractivity contribution in [1.82, 2.24) is 9.55 Å². The van der Waals surface area contributed by atoms with Crippen molar-refractivity contribution in [3.05, 3.63) is 74.6 Å². The van der Waals surface area contributed by atoms with Crippen LogP contribution < -0.4 is 11.2 Å². The van der Waals surface area contributed by atoms with Crippen molar-refractivity contribution in [2.45, 2.75) is 31.5 Å². The molecule has 1 aliphatic heterocycles. The van der Waals surface area contributed by atoms with Gasteiger partial charge in [0.15, 0.2) is 0 Å². The van der Waals surface area contributed by atoms with Gasteiger partial charge in [0.25, 0.3) is 5.56 Å². The number of hydrogen-bond donors (Lipinski definition) is 3. The van der Waals surface area contributed by atoms with Crippen molar-refractivity contribution < 1.29 is 19.7 Å². The molecule has 2 aromatic rings. The second-order valence-corrected chi connectivity index (χ2v) is 6.26. The molecule has 27 heavy (non-hydrogen) atoms. The van der Waals surface area contributed by atoms with Crippen LogP contribution in [0.15, 0.2) is 52.2 Å². The molecule has 3 atom stereocenters. The van der Waals surface area contributed by atoms with E-state index in [1.807, 2.05) is 42.5 Å². The van der Waals surface area contributed by atoms with Crippen LogP contribution >= 0.6 is 0 Å². The van der Waals surface area contributed by atoms with E-state index in [0.717, 1.165) is 5.56 Å². The molecule has 2 heterocycles. The molecule has 8 nitrogen and oxygen atoms in total. The number of rotatable bonds is 7. The number of hydrogen-bond acceptors (Lipinski definition) is 6. The smallest absolute Gasteiger partial charge is 0.330 e. The van der Waals surface area contributed by atoms with E-state index in [-0.39, 0.29) is 25.2 Å². The molecule has 1 aromatic heterocycles. The summed E-state index contributed by atoms with van der Waals surface area (Å²) < 4.78 is 12.2. The average molecular weight is 374 g/mol. The van der Waals surface area contributed by atoms with Crippen LogP contribution in [0.25, 0.3) is 6.08 Å². The summed E-state index contributed by atoms with van der Waals surface area (Å²) in [5.74, 6) is 0. The van der Waals surface area contributed by atoms with Crippen molar-refractivity contribution in [3.63, 3.8) is 0 Å². The predicted octanol–water partition coefficient (Wildman–Crippen LogP) is 0.407. The van der Waals surface area contributed by atoms with Crippen molar-refractivity contribution >= 4 is 6.08 Å². The molecule has 0 spiro atoms. The van der Waals surface area contributed by atoms with Crippen LogP contribution in [-0.2, 0) is 16.1 Å². The van der Waals surface area contributed by atoms with Gasteiger partial charge in [-0.1, -0.05) is 42.5 Å². The summed E-state index contributed by atoms with van der Waals surface area (Å²) in [4.78, 5) is 26.3. The number of nitrogens with one attached hydrogen (secondary N) is 1. The molecule has 1 aliphatic rings. The lowest BCUT2D eigenvalue weighted by Crippen LogP contribution is -2.34. The van der Waals surface area contributed by atoms with Crippen LogP contribution in [0.5, 0.6) is 0 Å². The first-order chi connectivity index (χ1) is 13.1. The van der Waals surface area contributed by atoms with Crippen LogP contribution in [0.1, 0.15) is 23.8 Å². The molecule has 3 N–H and O–H groups in total. The summed E-state index contributed by atoms with van der Waals surface area (Å²) in [6.45, 7) is -0.0222. The third-order valence-electron chi connectivity index (χ3n) is 4.32. The number of aliphatic hydroxyl groups is 2. The van der Waals surface area contributed by atoms with E-state index in [2.05, 4.69) is 4.98 Å². The van der Waals surface area contributed by atoms with Gasteiger partial charge in [-0.15, -0.1) is 0 Å². The highest BCUT2D eigenvalue weighted by atomic mass is 16.5. The number of aliphatic hydroxyl groups excluding tert-OH is 2. The first-order valence-corrected chi connectivity index (χ1v) is 8.66. The Bertz CT molecular complexity index is 889. The Morgan fingerprint density at radius 2 is 2.07 bits per heavy atom. The molecular weight excluding hydrogens is 352 g/mol. The lowest BCUT2D eigenvalue weighted by molar-refractivity contribution is -0.0461. The maximum absolute atomic E-state index is 12.0. The van der Waals surface area contributed by atoms with E-state index >= 15 is 0 Å². The number of nitrogens with zero attached hydrogens (tertiary/aromatic N) is 1. The van der Waals surface area contributed by atoms with E-state index in [1.54, 1.807) is 0 Å². The fourth-order valence-corrected chi connectivity index (χ4v) is 2.88. The summed E-state index contributed by atoms with van der Waals surface area (Å²) in [5, 5.41) is 19.0. The van der Waals surface area contributed by atoms with Gasteiger partial charge in [-0.3, -0.25) is 14.3 Å². The van der Waals surface area contributed by atoms with Gasteiger partial charge in [-0.25, -0.2) is 4.79 Å². The molecule has 3 rings (SSSR count). The Labute approximate surface area is 155 Å². The molecule has 144 valence electrons. The quantitative estimate of drug-likeness (QED) is 0.605. The Morgan fingerprint density at radius 1 is 1.30 bits per heavy atom. The van der Waals surface area contributed by atoms with Gasteiger partial charge in [-0.05, 0) is 5.56 Å². The summed E-state index contributed by atoms with van der Waals surface area (Å²) in [6.07, 6.45) is 2.89. The van der Waals surface area contributed by atoms with Crippen molar-refractivity contribution in [2.24, 2.45) is 0 Å². The number of benzene rings is 1. The fraction of sp³-hybridized carbons (Fsp3) is 0.368. The van der Waals surface area contributed by atoms with Crippen LogP contribution in [0.4, 0.5) is 0 Å². The zero-order valence-corrected chi connectivity index (χ0v) is 14.7. The first-order valence-electron chi connectivity index (χ1n) is 8.66. The number of aromatic amines is 1. The van der Waals surface area contributed by atoms with E-state index in [1.165, 1.54) is 10.8 Å². The Hall–Kier alpha value is -2.52. The average Bonchev–Trinajstić information content (AvgIpc) is 3.04. The van der Waals surface area contributed by atoms with Crippen LogP contribution in [0.3, 0.4) is 0 Å². The molecule has 0 aliphatic carbocycles. The van der Waals surface area contributed by atoms with Crippen LogP contribution in [0.2, 0.25) is 0 Å². The Morgan fingerprint density at radius 3 is 2.78 bits per heavy atom. The standard InChI is InChI=1S/C19H22N2O6/c22-11-16-15(23)9-17(27-16)21-10-14(18(24)20-19(21)25)12-26-8-4-7-13-5-2-1-3-6-13/h1-7,10,15-17,22-23H,8-9,11-12H2,(H,20,24,25)/b7-4+/t15-,16+,17+/m0/s1. The Kier molecular flexibility index (Phi) is 6.36. The molecule has 0 unspecified atom stereocenters. The monoisotopic (exact) mass is 374 g/mol. The van der Waals surface area contributed by atoms with E-state index < -0.39 is 29.7 Å². The van der Waals surface area contributed by atoms with E-state index in [0.29, 0.717) is 6.61 Å². The minimum absolute atomic E-state index is 0.0213. The highest BCUT2D eigenvalue weighted by molar-refractivity contribution is 5.48. The molecular formula is C19H22N2O6. The van der Waals surface area contributed by atoms with Gasteiger partial charge in [0.2, 0.25) is 0 Å². The van der Waals surface area contributed by atoms with Gasteiger partial charge in [0.05, 0.1) is 31.5 Å². The molecule has 1 fully saturated rings. The first kappa shape index (κ1) is 19.2. The predicted molar refractivity (Wildman–Crippen MR) is 98.1 cm³/mol. The number of H-pyrrole nitrogens is 1. The van der Waals surface area contributed by atoms with Crippen molar-refractivity contribution in [3.8, 4) is 0 Å². The minimum Gasteiger partial charge on any atom is -0.394 e. The second kappa shape index (κ2) is 8.92. The maximum atomic E-state index is 12.0. The highest BCUT2D eigenvalue weighted by Crippen LogP contribution is 2.27. The molecule has 0 radical (unpaired) electrons. The van der Waals surface area contributed by atoms with Gasteiger partial charge in [0.1, 0.15) is 12.3 Å².